The maximum Gasteiger partial charge on any atom is 0.121 e. The highest BCUT2D eigenvalue weighted by Crippen LogP contribution is 2.19. The summed E-state index contributed by atoms with van der Waals surface area (Å²) in [7, 11) is 0. The Hall–Kier alpha value is -1.55. The van der Waals surface area contributed by atoms with Crippen molar-refractivity contribution in [2.75, 3.05) is 13.2 Å². The van der Waals surface area contributed by atoms with Crippen LogP contribution in [0.2, 0.25) is 0 Å². The number of nitrogens with one attached hydrogen (secondary N) is 1. The van der Waals surface area contributed by atoms with Crippen LogP contribution in [0.25, 0.3) is 11.0 Å². The molecule has 1 heterocycles. The maximum atomic E-state index is 5.62. The van der Waals surface area contributed by atoms with E-state index >= 15 is 0 Å². The molecule has 0 saturated heterocycles. The molecule has 4 heteroatoms. The number of aryl methyl sites for hydroxylation is 1. The highest BCUT2D eigenvalue weighted by Gasteiger charge is 2.01. The Balaban J connectivity index is 2.02. The lowest BCUT2D eigenvalue weighted by molar-refractivity contribution is 0.308. The van der Waals surface area contributed by atoms with Crippen molar-refractivity contribution in [1.82, 2.24) is 9.97 Å². The molecule has 86 valence electrons. The van der Waals surface area contributed by atoms with Crippen LogP contribution in [0.15, 0.2) is 18.2 Å². The minimum atomic E-state index is 0.718. The van der Waals surface area contributed by atoms with Crippen LogP contribution in [-0.4, -0.2) is 23.1 Å². The first-order valence-electron chi connectivity index (χ1n) is 5.59. The third-order valence-corrected chi connectivity index (χ3v) is 2.44. The molecule has 0 atom stereocenters. The van der Waals surface area contributed by atoms with Crippen molar-refractivity contribution >= 4 is 11.0 Å². The molecule has 0 aliphatic carbocycles. The Morgan fingerprint density at radius 3 is 3.06 bits per heavy atom. The summed E-state index contributed by atoms with van der Waals surface area (Å²) in [6, 6.07) is 5.90. The van der Waals surface area contributed by atoms with E-state index in [1.165, 1.54) is 0 Å². The van der Waals surface area contributed by atoms with Gasteiger partial charge in [0.2, 0.25) is 0 Å². The van der Waals surface area contributed by atoms with Gasteiger partial charge < -0.3 is 15.5 Å². The average molecular weight is 219 g/mol. The number of hydrogen-bond donors (Lipinski definition) is 2. The quantitative estimate of drug-likeness (QED) is 0.756. The van der Waals surface area contributed by atoms with Crippen LogP contribution < -0.4 is 10.5 Å². The average Bonchev–Trinajstić information content (AvgIpc) is 2.64. The minimum Gasteiger partial charge on any atom is -0.494 e. The summed E-state index contributed by atoms with van der Waals surface area (Å²) >= 11 is 0. The van der Waals surface area contributed by atoms with E-state index in [0.717, 1.165) is 48.6 Å². The summed E-state index contributed by atoms with van der Waals surface area (Å²) in [6.45, 7) is 3.39. The number of rotatable bonds is 5. The molecule has 0 radical (unpaired) electrons. The molecular weight excluding hydrogens is 202 g/mol. The molecule has 2 rings (SSSR count). The summed E-state index contributed by atoms with van der Waals surface area (Å²) in [5.74, 6) is 1.81. The van der Waals surface area contributed by atoms with E-state index in [-0.39, 0.29) is 0 Å². The monoisotopic (exact) mass is 219 g/mol. The van der Waals surface area contributed by atoms with E-state index < -0.39 is 0 Å². The largest absolute Gasteiger partial charge is 0.494 e. The fraction of sp³-hybridized carbons (Fsp3) is 0.417. The summed E-state index contributed by atoms with van der Waals surface area (Å²) in [5.41, 5.74) is 7.42. The van der Waals surface area contributed by atoms with Gasteiger partial charge in [-0.1, -0.05) is 0 Å². The number of nitrogens with zero attached hydrogens (tertiary/aromatic N) is 1. The van der Waals surface area contributed by atoms with Crippen molar-refractivity contribution in [1.29, 1.82) is 0 Å². The molecule has 0 amide bonds. The van der Waals surface area contributed by atoms with Crippen molar-refractivity contribution in [2.45, 2.75) is 19.8 Å². The van der Waals surface area contributed by atoms with Gasteiger partial charge in [-0.3, -0.25) is 0 Å². The first-order valence-corrected chi connectivity index (χ1v) is 5.59. The number of benzene rings is 1. The Morgan fingerprint density at radius 2 is 2.25 bits per heavy atom. The van der Waals surface area contributed by atoms with Gasteiger partial charge in [0.1, 0.15) is 11.6 Å². The predicted octanol–water partition coefficient (Wildman–Crippen LogP) is 1.99. The highest BCUT2D eigenvalue weighted by molar-refractivity contribution is 5.76. The smallest absolute Gasteiger partial charge is 0.121 e. The van der Waals surface area contributed by atoms with E-state index in [2.05, 4.69) is 9.97 Å². The van der Waals surface area contributed by atoms with E-state index in [0.29, 0.717) is 0 Å². The number of aromatic amines is 1. The van der Waals surface area contributed by atoms with Gasteiger partial charge in [-0.15, -0.1) is 0 Å². The zero-order chi connectivity index (χ0) is 11.4. The summed E-state index contributed by atoms with van der Waals surface area (Å²) in [4.78, 5) is 7.53. The second-order valence-electron chi connectivity index (χ2n) is 3.85. The Labute approximate surface area is 94.8 Å². The van der Waals surface area contributed by atoms with E-state index in [1.54, 1.807) is 0 Å². The first-order chi connectivity index (χ1) is 7.79. The Bertz CT molecular complexity index is 464. The lowest BCUT2D eigenvalue weighted by atomic mass is 10.3. The molecule has 0 bridgehead atoms. The van der Waals surface area contributed by atoms with Crippen molar-refractivity contribution < 1.29 is 4.74 Å². The van der Waals surface area contributed by atoms with Crippen LogP contribution in [0.1, 0.15) is 18.7 Å². The zero-order valence-electron chi connectivity index (χ0n) is 9.49. The van der Waals surface area contributed by atoms with Gasteiger partial charge in [0.25, 0.3) is 0 Å². The predicted molar refractivity (Wildman–Crippen MR) is 64.6 cm³/mol. The number of imidazole rings is 1. The van der Waals surface area contributed by atoms with Crippen LogP contribution in [0, 0.1) is 6.92 Å². The van der Waals surface area contributed by atoms with E-state index in [9.17, 15) is 0 Å². The summed E-state index contributed by atoms with van der Waals surface area (Å²) in [6.07, 6.45) is 2.00. The third-order valence-electron chi connectivity index (χ3n) is 2.44. The minimum absolute atomic E-state index is 0.718. The van der Waals surface area contributed by atoms with Gasteiger partial charge in [-0.2, -0.15) is 0 Å². The molecule has 16 heavy (non-hydrogen) atoms. The molecule has 0 unspecified atom stereocenters. The van der Waals surface area contributed by atoms with Crippen LogP contribution in [0.5, 0.6) is 5.75 Å². The molecule has 4 nitrogen and oxygen atoms in total. The first kappa shape index (κ1) is 11.0. The van der Waals surface area contributed by atoms with Gasteiger partial charge >= 0.3 is 0 Å². The van der Waals surface area contributed by atoms with Gasteiger partial charge in [0.05, 0.1) is 17.6 Å². The van der Waals surface area contributed by atoms with Crippen molar-refractivity contribution in [3.63, 3.8) is 0 Å². The number of fused-ring (bicyclic) bond motifs is 1. The van der Waals surface area contributed by atoms with Crippen LogP contribution >= 0.6 is 0 Å². The number of ether oxygens (including phenoxy) is 1. The molecule has 3 N–H and O–H groups in total. The fourth-order valence-electron chi connectivity index (χ4n) is 1.64. The number of unbranched alkanes of at least 4 members (excludes halogenated alkanes) is 1. The van der Waals surface area contributed by atoms with Gasteiger partial charge in [0, 0.05) is 6.07 Å². The summed E-state index contributed by atoms with van der Waals surface area (Å²) < 4.78 is 5.62. The SMILES string of the molecule is Cc1nc2ccc(OCCCCN)cc2[nH]1. The molecule has 0 spiro atoms. The van der Waals surface area contributed by atoms with Crippen molar-refractivity contribution in [3.05, 3.63) is 24.0 Å². The molecule has 0 fully saturated rings. The molecule has 0 aliphatic rings. The molecule has 0 aliphatic heterocycles. The Kier molecular flexibility index (Phi) is 3.41. The standard InChI is InChI=1S/C12H17N3O/c1-9-14-11-5-4-10(8-12(11)15-9)16-7-3-2-6-13/h4-5,8H,2-3,6-7,13H2,1H3,(H,14,15). The lowest BCUT2D eigenvalue weighted by Crippen LogP contribution is -2.03. The summed E-state index contributed by atoms with van der Waals surface area (Å²) in [5, 5.41) is 0. The van der Waals surface area contributed by atoms with Gasteiger partial charge in [-0.05, 0) is 38.4 Å². The normalized spacial score (nSPS) is 10.9. The topological polar surface area (TPSA) is 63.9 Å². The number of aromatic nitrogens is 2. The molecular formula is C12H17N3O. The van der Waals surface area contributed by atoms with Gasteiger partial charge in [0.15, 0.2) is 0 Å². The van der Waals surface area contributed by atoms with Crippen molar-refractivity contribution in [3.8, 4) is 5.75 Å². The van der Waals surface area contributed by atoms with Crippen LogP contribution in [0.4, 0.5) is 0 Å². The third kappa shape index (κ3) is 2.52. The van der Waals surface area contributed by atoms with E-state index in [4.69, 9.17) is 10.5 Å². The number of H-pyrrole nitrogens is 1. The second-order valence-corrected chi connectivity index (χ2v) is 3.85. The fourth-order valence-corrected chi connectivity index (χ4v) is 1.64. The number of hydrogen-bond acceptors (Lipinski definition) is 3. The number of nitrogens with two attached hydrogens (primary N) is 1. The molecule has 1 aromatic heterocycles. The van der Waals surface area contributed by atoms with Crippen LogP contribution in [0.3, 0.4) is 0 Å². The van der Waals surface area contributed by atoms with Crippen molar-refractivity contribution in [2.24, 2.45) is 5.73 Å². The lowest BCUT2D eigenvalue weighted by Gasteiger charge is -2.04. The maximum absolute atomic E-state index is 5.62. The molecule has 0 saturated carbocycles. The second kappa shape index (κ2) is 4.99. The molecule has 1 aromatic carbocycles. The molecule has 2 aromatic rings. The zero-order valence-corrected chi connectivity index (χ0v) is 9.49. The van der Waals surface area contributed by atoms with Gasteiger partial charge in [-0.25, -0.2) is 4.98 Å². The van der Waals surface area contributed by atoms with E-state index in [1.807, 2.05) is 25.1 Å². The Morgan fingerprint density at radius 1 is 1.38 bits per heavy atom. The highest BCUT2D eigenvalue weighted by atomic mass is 16.5. The van der Waals surface area contributed by atoms with Crippen LogP contribution in [-0.2, 0) is 0 Å².